The molecule has 3 aromatic carbocycles. The lowest BCUT2D eigenvalue weighted by atomic mass is 10.1. The van der Waals surface area contributed by atoms with Crippen LogP contribution in [0.15, 0.2) is 70.6 Å². The summed E-state index contributed by atoms with van der Waals surface area (Å²) >= 11 is 1.31. The highest BCUT2D eigenvalue weighted by Gasteiger charge is 2.25. The second-order valence-electron chi connectivity index (χ2n) is 8.40. The molecule has 0 fully saturated rings. The van der Waals surface area contributed by atoms with Gasteiger partial charge >= 0.3 is 0 Å². The van der Waals surface area contributed by atoms with Gasteiger partial charge in [-0.05, 0) is 42.0 Å². The molecule has 1 aliphatic rings. The average Bonchev–Trinajstić information content (AvgIpc) is 3.32. The van der Waals surface area contributed by atoms with E-state index in [1.54, 1.807) is 50.5 Å². The number of ether oxygens (including phenoxy) is 3. The van der Waals surface area contributed by atoms with Gasteiger partial charge in [-0.25, -0.2) is 13.4 Å². The van der Waals surface area contributed by atoms with Crippen LogP contribution in [0.3, 0.4) is 0 Å². The summed E-state index contributed by atoms with van der Waals surface area (Å²) in [6.07, 6.45) is 0.646. The molecule has 4 aromatic rings. The van der Waals surface area contributed by atoms with E-state index in [0.29, 0.717) is 46.7 Å². The highest BCUT2D eigenvalue weighted by molar-refractivity contribution is 7.91. The number of aliphatic imine (C=N–C) groups is 1. The van der Waals surface area contributed by atoms with Crippen LogP contribution < -0.4 is 19.5 Å². The smallest absolute Gasteiger partial charge is 0.271 e. The molecular formula is C27H25N3O6S2. The van der Waals surface area contributed by atoms with Gasteiger partial charge in [0.25, 0.3) is 5.91 Å². The monoisotopic (exact) mass is 551 g/mol. The predicted octanol–water partition coefficient (Wildman–Crippen LogP) is 4.67. The number of fused-ring (bicyclic) bond motifs is 2. The van der Waals surface area contributed by atoms with E-state index < -0.39 is 21.8 Å². The number of thiazole rings is 1. The first-order valence-electron chi connectivity index (χ1n) is 11.9. The van der Waals surface area contributed by atoms with Crippen LogP contribution in [0.4, 0.5) is 5.13 Å². The van der Waals surface area contributed by atoms with Crippen LogP contribution >= 0.6 is 11.3 Å². The van der Waals surface area contributed by atoms with E-state index >= 15 is 0 Å². The quantitative estimate of drug-likeness (QED) is 0.316. The Kier molecular flexibility index (Phi) is 7.30. The maximum atomic E-state index is 13.5. The van der Waals surface area contributed by atoms with Gasteiger partial charge in [-0.1, -0.05) is 30.4 Å². The SMILES string of the molecule is CCS(=O)(=O)c1ccc(C(Oc2ccc(/C=N/C)cc2)C(=O)Nc2nc3cc4c(cc3s2)OCCO4)cc1. The Morgan fingerprint density at radius 1 is 1.11 bits per heavy atom. The molecule has 38 heavy (non-hydrogen) atoms. The van der Waals surface area contributed by atoms with Gasteiger partial charge in [0, 0.05) is 31.0 Å². The van der Waals surface area contributed by atoms with E-state index in [2.05, 4.69) is 15.3 Å². The van der Waals surface area contributed by atoms with Crippen LogP contribution in [-0.2, 0) is 14.6 Å². The third-order valence-corrected chi connectivity index (χ3v) is 8.54. The fourth-order valence-corrected chi connectivity index (χ4v) is 5.66. The Balaban J connectivity index is 1.44. The van der Waals surface area contributed by atoms with Gasteiger partial charge in [-0.15, -0.1) is 0 Å². The Bertz CT molecular complexity index is 1550. The largest absolute Gasteiger partial charge is 0.486 e. The van der Waals surface area contributed by atoms with Crippen LogP contribution in [0.2, 0.25) is 0 Å². The third-order valence-electron chi connectivity index (χ3n) is 5.85. The number of hydrogen-bond donors (Lipinski definition) is 1. The maximum Gasteiger partial charge on any atom is 0.271 e. The molecule has 1 aliphatic heterocycles. The van der Waals surface area contributed by atoms with Gasteiger partial charge in [-0.3, -0.25) is 15.1 Å². The van der Waals surface area contributed by atoms with Gasteiger partial charge in [0.2, 0.25) is 6.10 Å². The number of nitrogens with one attached hydrogen (secondary N) is 1. The van der Waals surface area contributed by atoms with Crippen LogP contribution in [0.25, 0.3) is 10.2 Å². The van der Waals surface area contributed by atoms with Gasteiger partial charge in [-0.2, -0.15) is 0 Å². The first kappa shape index (κ1) is 25.7. The minimum absolute atomic E-state index is 0.0166. The van der Waals surface area contributed by atoms with Crippen LogP contribution in [0.1, 0.15) is 24.2 Å². The van der Waals surface area contributed by atoms with E-state index in [-0.39, 0.29) is 10.6 Å². The molecule has 196 valence electrons. The lowest BCUT2D eigenvalue weighted by molar-refractivity contribution is -0.123. The van der Waals surface area contributed by atoms with E-state index in [4.69, 9.17) is 14.2 Å². The molecule has 1 amide bonds. The second kappa shape index (κ2) is 10.8. The van der Waals surface area contributed by atoms with Crippen LogP contribution in [0, 0.1) is 0 Å². The Morgan fingerprint density at radius 2 is 1.79 bits per heavy atom. The van der Waals surface area contributed by atoms with Crippen molar-refractivity contribution in [3.63, 3.8) is 0 Å². The maximum absolute atomic E-state index is 13.5. The summed E-state index contributed by atoms with van der Waals surface area (Å²) in [5.41, 5.74) is 2.06. The summed E-state index contributed by atoms with van der Waals surface area (Å²) in [6, 6.07) is 16.9. The number of nitrogens with zero attached hydrogens (tertiary/aromatic N) is 2. The molecular weight excluding hydrogens is 526 g/mol. The summed E-state index contributed by atoms with van der Waals surface area (Å²) in [5, 5.41) is 3.24. The fourth-order valence-electron chi connectivity index (χ4n) is 3.90. The molecule has 0 saturated carbocycles. The number of sulfone groups is 1. The van der Waals surface area contributed by atoms with Crippen molar-refractivity contribution in [3.05, 3.63) is 71.8 Å². The predicted molar refractivity (Wildman–Crippen MR) is 147 cm³/mol. The summed E-state index contributed by atoms with van der Waals surface area (Å²) in [5.74, 6) is 1.26. The van der Waals surface area contributed by atoms with Crippen molar-refractivity contribution >= 4 is 48.6 Å². The van der Waals surface area contributed by atoms with E-state index in [1.807, 2.05) is 18.2 Å². The van der Waals surface area contributed by atoms with Gasteiger partial charge in [0.05, 0.1) is 20.9 Å². The number of amides is 1. The third kappa shape index (κ3) is 5.48. The molecule has 1 atom stereocenters. The Labute approximate surface area is 224 Å². The minimum Gasteiger partial charge on any atom is -0.486 e. The number of anilines is 1. The van der Waals surface area contributed by atoms with E-state index in [0.717, 1.165) is 10.3 Å². The second-order valence-corrected chi connectivity index (χ2v) is 11.7. The first-order chi connectivity index (χ1) is 18.4. The number of carbonyl (C=O) groups is 1. The Hall–Kier alpha value is -3.96. The molecule has 5 rings (SSSR count). The molecule has 1 N–H and O–H groups in total. The number of aromatic nitrogens is 1. The average molecular weight is 552 g/mol. The molecule has 0 aliphatic carbocycles. The van der Waals surface area contributed by atoms with Crippen LogP contribution in [0.5, 0.6) is 17.2 Å². The fraction of sp³-hybridized carbons (Fsp3) is 0.222. The van der Waals surface area contributed by atoms with Crippen molar-refractivity contribution in [2.24, 2.45) is 4.99 Å². The number of carbonyl (C=O) groups excluding carboxylic acids is 1. The van der Waals surface area contributed by atoms with Crippen molar-refractivity contribution in [2.45, 2.75) is 17.9 Å². The van der Waals surface area contributed by atoms with Gasteiger partial charge in [0.1, 0.15) is 19.0 Å². The lowest BCUT2D eigenvalue weighted by Gasteiger charge is -2.19. The normalized spacial score (nSPS) is 13.9. The minimum atomic E-state index is -3.38. The summed E-state index contributed by atoms with van der Waals surface area (Å²) in [7, 11) is -1.70. The number of rotatable bonds is 8. The topological polar surface area (TPSA) is 116 Å². The zero-order chi connectivity index (χ0) is 26.7. The zero-order valence-corrected chi connectivity index (χ0v) is 22.3. The highest BCUT2D eigenvalue weighted by atomic mass is 32.2. The summed E-state index contributed by atoms with van der Waals surface area (Å²) in [6.45, 7) is 2.53. The van der Waals surface area contributed by atoms with E-state index in [1.165, 1.54) is 23.5 Å². The molecule has 9 nitrogen and oxygen atoms in total. The van der Waals surface area contributed by atoms with Crippen LogP contribution in [-0.4, -0.2) is 51.5 Å². The number of benzene rings is 3. The summed E-state index contributed by atoms with van der Waals surface area (Å²) < 4.78 is 42.8. The molecule has 0 bridgehead atoms. The number of hydrogen-bond acceptors (Lipinski definition) is 9. The highest BCUT2D eigenvalue weighted by Crippen LogP contribution is 2.38. The molecule has 1 aromatic heterocycles. The molecule has 0 saturated heterocycles. The van der Waals surface area contributed by atoms with Crippen molar-refractivity contribution in [3.8, 4) is 17.2 Å². The Morgan fingerprint density at radius 3 is 2.45 bits per heavy atom. The van der Waals surface area contributed by atoms with Gasteiger partial charge < -0.3 is 14.2 Å². The van der Waals surface area contributed by atoms with Crippen molar-refractivity contribution in [1.29, 1.82) is 0 Å². The molecule has 2 heterocycles. The van der Waals surface area contributed by atoms with Crippen molar-refractivity contribution < 1.29 is 27.4 Å². The summed E-state index contributed by atoms with van der Waals surface area (Å²) in [4.78, 5) is 22.2. The molecule has 0 spiro atoms. The zero-order valence-electron chi connectivity index (χ0n) is 20.7. The standard InChI is InChI=1S/C27H25N3O6S2/c1-3-38(32,33)20-10-6-18(7-11-20)25(36-19-8-4-17(5-9-19)16-28-2)26(31)30-27-29-21-14-22-23(15-24(21)37-27)35-13-12-34-22/h4-11,14-16,25H,3,12-13H2,1-2H3,(H,29,30,31)/b28-16+. The molecule has 11 heteroatoms. The van der Waals surface area contributed by atoms with E-state index in [9.17, 15) is 13.2 Å². The van der Waals surface area contributed by atoms with Gasteiger partial charge in [0.15, 0.2) is 26.5 Å². The lowest BCUT2D eigenvalue weighted by Crippen LogP contribution is -2.25. The molecule has 0 radical (unpaired) electrons. The first-order valence-corrected chi connectivity index (χ1v) is 14.4. The van der Waals surface area contributed by atoms with Crippen molar-refractivity contribution in [1.82, 2.24) is 4.98 Å². The van der Waals surface area contributed by atoms with Crippen molar-refractivity contribution in [2.75, 3.05) is 31.3 Å². The molecule has 1 unspecified atom stereocenters.